The number of methoxy groups -OCH3 is 2. The smallest absolute Gasteiger partial charge is 0.416 e. The van der Waals surface area contributed by atoms with E-state index in [0.717, 1.165) is 18.2 Å². The molecule has 2 aromatic carbocycles. The number of anilines is 1. The SMILES string of the molecule is COC(=O)C1CCN(c2cc(C(F)(F)F)ccc2C2CCN(C(=O)[C@]3(F)CNC[C@H]3c3ccc(OC)cc3F)C2)CC1. The molecule has 3 aliphatic heterocycles. The molecular weight excluding hydrogens is 561 g/mol. The fourth-order valence-corrected chi connectivity index (χ4v) is 6.51. The molecule has 0 bridgehead atoms. The molecule has 0 saturated carbocycles. The maximum absolute atomic E-state index is 16.5. The zero-order chi connectivity index (χ0) is 30.2. The summed E-state index contributed by atoms with van der Waals surface area (Å²) in [5.41, 5.74) is -2.05. The Labute approximate surface area is 240 Å². The number of esters is 1. The molecule has 5 rings (SSSR count). The maximum atomic E-state index is 16.5. The predicted octanol–water partition coefficient (Wildman–Crippen LogP) is 4.65. The van der Waals surface area contributed by atoms with Crippen molar-refractivity contribution in [3.8, 4) is 5.75 Å². The molecule has 3 fully saturated rings. The number of hydrogen-bond donors (Lipinski definition) is 1. The summed E-state index contributed by atoms with van der Waals surface area (Å²) in [5.74, 6) is -3.17. The zero-order valence-corrected chi connectivity index (χ0v) is 23.5. The van der Waals surface area contributed by atoms with Gasteiger partial charge in [-0.3, -0.25) is 9.59 Å². The van der Waals surface area contributed by atoms with Gasteiger partial charge in [-0.25, -0.2) is 8.78 Å². The van der Waals surface area contributed by atoms with Gasteiger partial charge in [0, 0.05) is 62.9 Å². The first kappa shape index (κ1) is 30.1. The Bertz CT molecular complexity index is 1330. The third kappa shape index (κ3) is 5.65. The van der Waals surface area contributed by atoms with Crippen LogP contribution in [0.1, 0.15) is 47.8 Å². The normalized spacial score (nSPS) is 25.1. The van der Waals surface area contributed by atoms with Crippen LogP contribution in [0.25, 0.3) is 0 Å². The fraction of sp³-hybridized carbons (Fsp3) is 0.533. The minimum absolute atomic E-state index is 0.0766. The van der Waals surface area contributed by atoms with Gasteiger partial charge in [0.2, 0.25) is 5.67 Å². The van der Waals surface area contributed by atoms with E-state index < -0.39 is 35.1 Å². The van der Waals surface area contributed by atoms with Gasteiger partial charge in [0.05, 0.1) is 25.7 Å². The second kappa shape index (κ2) is 11.7. The third-order valence-corrected chi connectivity index (χ3v) is 8.86. The number of carbonyl (C=O) groups excluding carboxylic acids is 2. The molecule has 3 aliphatic rings. The number of rotatable bonds is 6. The Morgan fingerprint density at radius 3 is 2.36 bits per heavy atom. The highest BCUT2D eigenvalue weighted by atomic mass is 19.4. The molecule has 3 heterocycles. The van der Waals surface area contributed by atoms with Crippen LogP contribution in [0, 0.1) is 11.7 Å². The minimum atomic E-state index is -4.54. The van der Waals surface area contributed by atoms with Gasteiger partial charge in [-0.2, -0.15) is 13.2 Å². The Morgan fingerprint density at radius 2 is 1.71 bits per heavy atom. The number of amides is 1. The fourth-order valence-electron chi connectivity index (χ4n) is 6.51. The Morgan fingerprint density at radius 1 is 1.00 bits per heavy atom. The lowest BCUT2D eigenvalue weighted by Gasteiger charge is -2.35. The summed E-state index contributed by atoms with van der Waals surface area (Å²) in [6.07, 6.45) is -3.22. The van der Waals surface area contributed by atoms with Gasteiger partial charge in [-0.05, 0) is 48.6 Å². The first-order valence-corrected chi connectivity index (χ1v) is 14.0. The monoisotopic (exact) mass is 595 g/mol. The quantitative estimate of drug-likeness (QED) is 0.387. The number of likely N-dealkylation sites (tertiary alicyclic amines) is 1. The molecule has 0 radical (unpaired) electrons. The van der Waals surface area contributed by atoms with Crippen molar-refractivity contribution in [3.05, 3.63) is 58.9 Å². The zero-order valence-electron chi connectivity index (χ0n) is 23.5. The lowest BCUT2D eigenvalue weighted by Crippen LogP contribution is -2.49. The number of hydrogen-bond acceptors (Lipinski definition) is 6. The lowest BCUT2D eigenvalue weighted by atomic mass is 9.84. The van der Waals surface area contributed by atoms with Gasteiger partial charge < -0.3 is 24.6 Å². The highest BCUT2D eigenvalue weighted by Gasteiger charge is 2.54. The molecule has 3 saturated heterocycles. The van der Waals surface area contributed by atoms with E-state index in [1.54, 1.807) is 0 Å². The van der Waals surface area contributed by atoms with Gasteiger partial charge in [-0.1, -0.05) is 12.1 Å². The highest BCUT2D eigenvalue weighted by molar-refractivity contribution is 5.88. The van der Waals surface area contributed by atoms with E-state index in [1.165, 1.54) is 37.3 Å². The van der Waals surface area contributed by atoms with E-state index in [9.17, 15) is 27.2 Å². The molecule has 3 atom stereocenters. The Kier molecular flexibility index (Phi) is 8.37. The van der Waals surface area contributed by atoms with Crippen LogP contribution in [-0.4, -0.2) is 75.9 Å². The average Bonchev–Trinajstić information content (AvgIpc) is 3.63. The molecule has 0 aromatic heterocycles. The van der Waals surface area contributed by atoms with Crippen molar-refractivity contribution in [2.24, 2.45) is 5.92 Å². The molecule has 2 aromatic rings. The summed E-state index contributed by atoms with van der Waals surface area (Å²) in [6.45, 7) is 0.893. The summed E-state index contributed by atoms with van der Waals surface area (Å²) in [5, 5.41) is 2.89. The van der Waals surface area contributed by atoms with E-state index in [1.807, 2.05) is 4.90 Å². The maximum Gasteiger partial charge on any atom is 0.416 e. The van der Waals surface area contributed by atoms with Crippen molar-refractivity contribution in [2.75, 3.05) is 58.4 Å². The number of carbonyl (C=O) groups is 2. The molecule has 1 N–H and O–H groups in total. The van der Waals surface area contributed by atoms with Crippen molar-refractivity contribution in [2.45, 2.75) is 42.9 Å². The second-order valence-electron chi connectivity index (χ2n) is 11.2. The molecule has 1 unspecified atom stereocenters. The molecule has 228 valence electrons. The summed E-state index contributed by atoms with van der Waals surface area (Å²) in [6, 6.07) is 7.71. The number of halogens is 5. The highest BCUT2D eigenvalue weighted by Crippen LogP contribution is 2.43. The van der Waals surface area contributed by atoms with E-state index in [0.29, 0.717) is 43.6 Å². The Balaban J connectivity index is 1.37. The summed E-state index contributed by atoms with van der Waals surface area (Å²) >= 11 is 0. The summed E-state index contributed by atoms with van der Waals surface area (Å²) in [4.78, 5) is 28.8. The van der Waals surface area contributed by atoms with Crippen LogP contribution in [-0.2, 0) is 20.5 Å². The van der Waals surface area contributed by atoms with Crippen LogP contribution in [0.3, 0.4) is 0 Å². The van der Waals surface area contributed by atoms with Crippen LogP contribution in [0.2, 0.25) is 0 Å². The van der Waals surface area contributed by atoms with Crippen molar-refractivity contribution in [1.82, 2.24) is 10.2 Å². The van der Waals surface area contributed by atoms with E-state index in [4.69, 9.17) is 9.47 Å². The predicted molar refractivity (Wildman–Crippen MR) is 145 cm³/mol. The van der Waals surface area contributed by atoms with Crippen molar-refractivity contribution >= 4 is 17.6 Å². The molecule has 12 heteroatoms. The average molecular weight is 596 g/mol. The van der Waals surface area contributed by atoms with Crippen molar-refractivity contribution in [3.63, 3.8) is 0 Å². The Hall–Kier alpha value is -3.41. The van der Waals surface area contributed by atoms with E-state index in [2.05, 4.69) is 5.32 Å². The van der Waals surface area contributed by atoms with Crippen LogP contribution in [0.15, 0.2) is 36.4 Å². The number of ether oxygens (including phenoxy) is 2. The number of nitrogens with zero attached hydrogens (tertiary/aromatic N) is 2. The molecule has 0 aliphatic carbocycles. The second-order valence-corrected chi connectivity index (χ2v) is 11.2. The largest absolute Gasteiger partial charge is 0.497 e. The van der Waals surface area contributed by atoms with Gasteiger partial charge in [0.25, 0.3) is 5.91 Å². The lowest BCUT2D eigenvalue weighted by molar-refractivity contribution is -0.146. The number of nitrogens with one attached hydrogen (secondary N) is 1. The molecule has 7 nitrogen and oxygen atoms in total. The number of alkyl halides is 4. The first-order chi connectivity index (χ1) is 20.0. The van der Waals surface area contributed by atoms with E-state index in [-0.39, 0.29) is 55.3 Å². The van der Waals surface area contributed by atoms with Crippen LogP contribution in [0.5, 0.6) is 5.75 Å². The van der Waals surface area contributed by atoms with Crippen molar-refractivity contribution < 1.29 is 41.0 Å². The van der Waals surface area contributed by atoms with Gasteiger partial charge in [-0.15, -0.1) is 0 Å². The number of piperidine rings is 1. The first-order valence-electron chi connectivity index (χ1n) is 14.0. The summed E-state index contributed by atoms with van der Waals surface area (Å²) < 4.78 is 82.2. The minimum Gasteiger partial charge on any atom is -0.497 e. The number of benzene rings is 2. The molecule has 1 amide bonds. The molecule has 42 heavy (non-hydrogen) atoms. The van der Waals surface area contributed by atoms with Gasteiger partial charge >= 0.3 is 12.1 Å². The van der Waals surface area contributed by atoms with Crippen LogP contribution in [0.4, 0.5) is 27.6 Å². The molecule has 0 spiro atoms. The standard InChI is InChI=1S/C30H34F5N3O4/c1-41-21-4-6-23(25(31)14-21)24-15-36-17-29(24,32)28(40)38-12-9-19(16-38)22-5-3-20(30(33,34)35)13-26(22)37-10-7-18(8-11-37)27(39)42-2/h3-6,13-14,18-19,24,36H,7-12,15-17H2,1-2H3/t19?,24-,29-/m0/s1. The summed E-state index contributed by atoms with van der Waals surface area (Å²) in [7, 11) is 2.70. The topological polar surface area (TPSA) is 71.1 Å². The van der Waals surface area contributed by atoms with Crippen LogP contribution < -0.4 is 15.0 Å². The van der Waals surface area contributed by atoms with Crippen LogP contribution >= 0.6 is 0 Å². The van der Waals surface area contributed by atoms with Crippen molar-refractivity contribution in [1.29, 1.82) is 0 Å². The van der Waals surface area contributed by atoms with Gasteiger partial charge in [0.1, 0.15) is 11.6 Å². The third-order valence-electron chi connectivity index (χ3n) is 8.86. The van der Waals surface area contributed by atoms with Gasteiger partial charge in [0.15, 0.2) is 0 Å². The van der Waals surface area contributed by atoms with E-state index >= 15 is 4.39 Å². The molecular formula is C30H34F5N3O4.